The number of hydrogen-bond acceptors (Lipinski definition) is 4. The average Bonchev–Trinajstić information content (AvgIpc) is 2.45. The van der Waals surface area contributed by atoms with E-state index in [1.54, 1.807) is 6.08 Å². The van der Waals surface area contributed by atoms with Crippen molar-refractivity contribution in [1.82, 2.24) is 5.32 Å². The summed E-state index contributed by atoms with van der Waals surface area (Å²) >= 11 is 0. The Hall–Kier alpha value is -0.636. The van der Waals surface area contributed by atoms with E-state index in [1.165, 1.54) is 0 Å². The van der Waals surface area contributed by atoms with Gasteiger partial charge >= 0.3 is 6.09 Å². The van der Waals surface area contributed by atoms with Crippen molar-refractivity contribution in [1.29, 1.82) is 0 Å². The van der Waals surface area contributed by atoms with Gasteiger partial charge in [0.05, 0.1) is 18.8 Å². The molecule has 0 unspecified atom stereocenters. The van der Waals surface area contributed by atoms with Crippen LogP contribution >= 0.6 is 0 Å². The molecule has 2 atom stereocenters. The lowest BCUT2D eigenvalue weighted by atomic mass is 10.2. The summed E-state index contributed by atoms with van der Waals surface area (Å²) in [5, 5.41) is 3.11. The Balaban J connectivity index is 5.64. The van der Waals surface area contributed by atoms with Crippen LogP contribution < -0.4 is 5.32 Å². The van der Waals surface area contributed by atoms with Gasteiger partial charge in [0, 0.05) is 0 Å². The Morgan fingerprint density at radius 1 is 0.931 bits per heavy atom. The van der Waals surface area contributed by atoms with Crippen LogP contribution in [0.2, 0.25) is 36.3 Å². The van der Waals surface area contributed by atoms with E-state index >= 15 is 0 Å². The van der Waals surface area contributed by atoms with E-state index in [0.29, 0.717) is 6.61 Å². The lowest BCUT2D eigenvalue weighted by molar-refractivity contribution is 0.0420. The molecule has 0 radical (unpaired) electrons. The summed E-state index contributed by atoms with van der Waals surface area (Å²) in [7, 11) is -4.06. The summed E-state index contributed by atoms with van der Waals surface area (Å²) in [5.41, 5.74) is -0.571. The van der Waals surface area contributed by atoms with Crippen LogP contribution in [0.1, 0.15) is 62.3 Å². The molecule has 0 aromatic heterocycles. The largest absolute Gasteiger partial charge is 0.444 e. The first-order valence-electron chi connectivity index (χ1n) is 10.6. The molecular weight excluding hydrogens is 398 g/mol. The Morgan fingerprint density at radius 3 is 1.72 bits per heavy atom. The molecule has 0 aliphatic rings. The highest BCUT2D eigenvalue weighted by molar-refractivity contribution is 6.74. The molecule has 0 aromatic rings. The molecule has 5 nitrogen and oxygen atoms in total. The van der Waals surface area contributed by atoms with Gasteiger partial charge in [-0.2, -0.15) is 0 Å². The number of nitrogens with one attached hydrogen (secondary N) is 1. The van der Waals surface area contributed by atoms with Gasteiger partial charge in [-0.05, 0) is 57.0 Å². The first-order valence-corrected chi connectivity index (χ1v) is 16.4. The molecule has 0 bridgehead atoms. The van der Waals surface area contributed by atoms with E-state index < -0.39 is 28.3 Å². The van der Waals surface area contributed by atoms with Crippen LogP contribution in [0.3, 0.4) is 0 Å². The third-order valence-electron chi connectivity index (χ3n) is 6.00. The Bertz CT molecular complexity index is 555. The normalized spacial score (nSPS) is 16.2. The maximum absolute atomic E-state index is 12.5. The van der Waals surface area contributed by atoms with E-state index in [0.717, 1.165) is 0 Å². The van der Waals surface area contributed by atoms with Crippen LogP contribution in [0.15, 0.2) is 12.7 Å². The second-order valence-corrected chi connectivity index (χ2v) is 21.5. The topological polar surface area (TPSA) is 56.8 Å². The van der Waals surface area contributed by atoms with Crippen molar-refractivity contribution < 1.29 is 18.4 Å². The fraction of sp³-hybridized carbons (Fsp3) is 0.864. The van der Waals surface area contributed by atoms with Crippen molar-refractivity contribution in [3.05, 3.63) is 12.7 Å². The molecule has 0 saturated carbocycles. The van der Waals surface area contributed by atoms with Gasteiger partial charge in [-0.3, -0.25) is 0 Å². The monoisotopic (exact) mass is 445 g/mol. The van der Waals surface area contributed by atoms with Crippen LogP contribution in [-0.4, -0.2) is 47.1 Å². The molecule has 1 amide bonds. The second-order valence-electron chi connectivity index (χ2n) is 11.9. The number of carbonyl (C=O) groups excluding carboxylic acids is 1. The predicted molar refractivity (Wildman–Crippen MR) is 129 cm³/mol. The molecule has 29 heavy (non-hydrogen) atoms. The van der Waals surface area contributed by atoms with Crippen LogP contribution in [0.25, 0.3) is 0 Å². The van der Waals surface area contributed by atoms with E-state index in [9.17, 15) is 4.79 Å². The van der Waals surface area contributed by atoms with Crippen molar-refractivity contribution >= 4 is 22.7 Å². The Kier molecular flexibility index (Phi) is 9.45. The Labute approximate surface area is 182 Å². The second kappa shape index (κ2) is 9.66. The minimum atomic E-state index is -2.07. The van der Waals surface area contributed by atoms with Crippen molar-refractivity contribution in [3.8, 4) is 0 Å². The molecular formula is C22H47NO4Si2. The third kappa shape index (κ3) is 9.36. The van der Waals surface area contributed by atoms with Crippen LogP contribution in [0.4, 0.5) is 4.79 Å². The molecule has 0 aromatic carbocycles. The van der Waals surface area contributed by atoms with Gasteiger partial charge in [0.2, 0.25) is 0 Å². The average molecular weight is 446 g/mol. The van der Waals surface area contributed by atoms with Gasteiger partial charge in [-0.15, -0.1) is 6.58 Å². The highest BCUT2D eigenvalue weighted by Crippen LogP contribution is 2.39. The third-order valence-corrected chi connectivity index (χ3v) is 15.0. The van der Waals surface area contributed by atoms with Crippen molar-refractivity contribution in [3.63, 3.8) is 0 Å². The summed E-state index contributed by atoms with van der Waals surface area (Å²) in [6.45, 7) is 31.9. The zero-order valence-electron chi connectivity index (χ0n) is 21.3. The number of carbonyl (C=O) groups is 1. The minimum absolute atomic E-state index is 0.0466. The zero-order chi connectivity index (χ0) is 23.5. The van der Waals surface area contributed by atoms with E-state index in [-0.39, 0.29) is 22.2 Å². The number of hydrogen-bond donors (Lipinski definition) is 1. The van der Waals surface area contributed by atoms with Crippen LogP contribution in [-0.2, 0) is 13.6 Å². The molecule has 7 heteroatoms. The molecule has 0 aliphatic heterocycles. The molecule has 1 N–H and O–H groups in total. The van der Waals surface area contributed by atoms with E-state index in [1.807, 2.05) is 20.8 Å². The first kappa shape index (κ1) is 28.4. The van der Waals surface area contributed by atoms with E-state index in [2.05, 4.69) is 79.6 Å². The van der Waals surface area contributed by atoms with Gasteiger partial charge in [-0.1, -0.05) is 47.6 Å². The standard InChI is InChI=1S/C22H47NO4Si2/c1-15-18(27-29(13,14)22(8,9)10)17(23-19(24)26-20(2,3)4)16-25-28(11,12)21(5,6)7/h15,17-18H,1,16H2,2-14H3,(H,23,24)/t17-,18-/m0/s1. The van der Waals surface area contributed by atoms with Gasteiger partial charge in [0.25, 0.3) is 0 Å². The maximum Gasteiger partial charge on any atom is 0.408 e. The van der Waals surface area contributed by atoms with Gasteiger partial charge in [-0.25, -0.2) is 4.79 Å². The zero-order valence-corrected chi connectivity index (χ0v) is 23.3. The molecule has 0 aliphatic carbocycles. The highest BCUT2D eigenvalue weighted by atomic mass is 28.4. The fourth-order valence-corrected chi connectivity index (χ4v) is 4.33. The molecule has 0 fully saturated rings. The van der Waals surface area contributed by atoms with Crippen molar-refractivity contribution in [2.45, 2.75) is 116 Å². The fourth-order valence-electron chi connectivity index (χ4n) is 2.00. The number of alkyl carbamates (subject to hydrolysis) is 1. The summed E-state index contributed by atoms with van der Waals surface area (Å²) in [6, 6.07) is -0.370. The van der Waals surface area contributed by atoms with Crippen molar-refractivity contribution in [2.24, 2.45) is 0 Å². The molecule has 0 heterocycles. The smallest absolute Gasteiger partial charge is 0.408 e. The molecule has 0 rings (SSSR count). The van der Waals surface area contributed by atoms with Crippen molar-refractivity contribution in [2.75, 3.05) is 6.61 Å². The van der Waals surface area contributed by atoms with Gasteiger partial charge in [0.15, 0.2) is 16.6 Å². The SMILES string of the molecule is C=C[C@H](O[Si](C)(C)C(C)(C)C)[C@H](CO[Si](C)(C)C(C)(C)C)NC(=O)OC(C)(C)C. The summed E-state index contributed by atoms with van der Waals surface area (Å²) < 4.78 is 18.5. The summed E-state index contributed by atoms with van der Waals surface area (Å²) in [4.78, 5) is 12.5. The minimum Gasteiger partial charge on any atom is -0.444 e. The van der Waals surface area contributed by atoms with Crippen LogP contribution in [0.5, 0.6) is 0 Å². The van der Waals surface area contributed by atoms with Gasteiger partial charge in [0.1, 0.15) is 5.60 Å². The molecule has 0 saturated heterocycles. The number of rotatable bonds is 8. The number of amides is 1. The number of ether oxygens (including phenoxy) is 1. The lowest BCUT2D eigenvalue weighted by Gasteiger charge is -2.42. The highest BCUT2D eigenvalue weighted by Gasteiger charge is 2.42. The summed E-state index contributed by atoms with van der Waals surface area (Å²) in [5.74, 6) is 0. The summed E-state index contributed by atoms with van der Waals surface area (Å²) in [6.07, 6.45) is 0.956. The van der Waals surface area contributed by atoms with E-state index in [4.69, 9.17) is 13.6 Å². The maximum atomic E-state index is 12.5. The van der Waals surface area contributed by atoms with Crippen LogP contribution in [0, 0.1) is 0 Å². The van der Waals surface area contributed by atoms with Gasteiger partial charge < -0.3 is 18.9 Å². The molecule has 172 valence electrons. The predicted octanol–water partition coefficient (Wildman–Crippen LogP) is 6.48. The first-order chi connectivity index (χ1) is 12.6. The molecule has 0 spiro atoms. The Morgan fingerprint density at radius 2 is 1.38 bits per heavy atom. The quantitative estimate of drug-likeness (QED) is 0.343. The lowest BCUT2D eigenvalue weighted by Crippen LogP contribution is -2.55.